The van der Waals surface area contributed by atoms with Gasteiger partial charge < -0.3 is 10.0 Å². The predicted molar refractivity (Wildman–Crippen MR) is 120 cm³/mol. The highest BCUT2D eigenvalue weighted by Gasteiger charge is 2.31. The monoisotopic (exact) mass is 416 g/mol. The van der Waals surface area contributed by atoms with E-state index in [4.69, 9.17) is 17.3 Å². The van der Waals surface area contributed by atoms with Gasteiger partial charge in [-0.3, -0.25) is 14.5 Å². The summed E-state index contributed by atoms with van der Waals surface area (Å²) in [5.41, 5.74) is 2.31. The number of rotatable bonds is 9. The second-order valence-electron chi connectivity index (χ2n) is 6.01. The third kappa shape index (κ3) is 6.07. The maximum absolute atomic E-state index is 12.3. The fourth-order valence-corrected chi connectivity index (χ4v) is 3.93. The Labute approximate surface area is 175 Å². The van der Waals surface area contributed by atoms with Gasteiger partial charge >= 0.3 is 5.97 Å². The smallest absolute Gasteiger partial charge is 0.305 e. The highest BCUT2D eigenvalue weighted by Crippen LogP contribution is 2.30. The second-order valence-corrected chi connectivity index (χ2v) is 7.68. The first kappa shape index (κ1) is 21.9. The lowest BCUT2D eigenvalue weighted by Crippen LogP contribution is -2.30. The largest absolute Gasteiger partial charge is 0.481 e. The zero-order valence-corrected chi connectivity index (χ0v) is 17.6. The molecule has 1 saturated heterocycles. The zero-order valence-electron chi connectivity index (χ0n) is 16.0. The first-order valence-electron chi connectivity index (χ1n) is 9.11. The molecule has 0 aromatic heterocycles. The van der Waals surface area contributed by atoms with Crippen LogP contribution in [0.1, 0.15) is 25.8 Å². The van der Waals surface area contributed by atoms with Crippen molar-refractivity contribution in [2.45, 2.75) is 20.3 Å². The fourth-order valence-electron chi connectivity index (χ4n) is 2.67. The Balaban J connectivity index is 1.93. The summed E-state index contributed by atoms with van der Waals surface area (Å²) in [7, 11) is 0. The van der Waals surface area contributed by atoms with Gasteiger partial charge in [0.25, 0.3) is 5.91 Å². The number of aliphatic carboxylic acids is 1. The summed E-state index contributed by atoms with van der Waals surface area (Å²) in [4.78, 5) is 27.1. The van der Waals surface area contributed by atoms with Crippen LogP contribution in [0.5, 0.6) is 0 Å². The lowest BCUT2D eigenvalue weighted by molar-refractivity contribution is -0.137. The molecule has 28 heavy (non-hydrogen) atoms. The maximum atomic E-state index is 12.3. The Hall–Kier alpha value is -2.38. The second kappa shape index (κ2) is 10.8. The van der Waals surface area contributed by atoms with E-state index < -0.39 is 5.97 Å². The molecular formula is C21H24N2O3S2. The van der Waals surface area contributed by atoms with Gasteiger partial charge in [0.05, 0.1) is 11.3 Å². The molecule has 7 heteroatoms. The summed E-state index contributed by atoms with van der Waals surface area (Å²) in [5.74, 6) is -1.19. The van der Waals surface area contributed by atoms with Crippen LogP contribution in [-0.2, 0) is 9.59 Å². The Bertz CT molecular complexity index is 809. The molecule has 2 rings (SSSR count). The van der Waals surface area contributed by atoms with Crippen LogP contribution in [0, 0.1) is 0 Å². The molecule has 1 fully saturated rings. The van der Waals surface area contributed by atoms with Gasteiger partial charge in [0.2, 0.25) is 0 Å². The number of allylic oxidation sites excluding steroid dienone is 4. The molecule has 0 spiro atoms. The SMILES string of the molecule is CCN(CC)c1ccc(C=CC=CC=C2SC(=S)N(CCC(=O)O)C2=O)cc1. The normalized spacial score (nSPS) is 16.1. The number of carbonyl (C=O) groups is 2. The van der Waals surface area contributed by atoms with E-state index in [0.717, 1.165) is 18.7 Å². The summed E-state index contributed by atoms with van der Waals surface area (Å²) >= 11 is 6.34. The minimum absolute atomic E-state index is 0.102. The maximum Gasteiger partial charge on any atom is 0.305 e. The number of thioether (sulfide) groups is 1. The molecule has 0 unspecified atom stereocenters. The molecule has 1 N–H and O–H groups in total. The number of hydrogen-bond acceptors (Lipinski definition) is 5. The van der Waals surface area contributed by atoms with Gasteiger partial charge in [-0.05, 0) is 37.6 Å². The minimum Gasteiger partial charge on any atom is -0.481 e. The third-order valence-electron chi connectivity index (χ3n) is 4.20. The molecule has 1 aromatic rings. The molecule has 5 nitrogen and oxygen atoms in total. The van der Waals surface area contributed by atoms with E-state index in [9.17, 15) is 9.59 Å². The summed E-state index contributed by atoms with van der Waals surface area (Å²) in [6.07, 6.45) is 9.12. The third-order valence-corrected chi connectivity index (χ3v) is 5.60. The van der Waals surface area contributed by atoms with Crippen LogP contribution >= 0.6 is 24.0 Å². The first-order chi connectivity index (χ1) is 13.5. The molecule has 1 heterocycles. The molecule has 0 aliphatic carbocycles. The number of nitrogens with zero attached hydrogens (tertiary/aromatic N) is 2. The Morgan fingerprint density at radius 1 is 1.18 bits per heavy atom. The quantitative estimate of drug-likeness (QED) is 0.367. The molecule has 0 saturated carbocycles. The number of hydrogen-bond donors (Lipinski definition) is 1. The van der Waals surface area contributed by atoms with Crippen molar-refractivity contribution in [1.82, 2.24) is 4.90 Å². The van der Waals surface area contributed by atoms with Gasteiger partial charge in [0, 0.05) is 25.3 Å². The first-order valence-corrected chi connectivity index (χ1v) is 10.3. The van der Waals surface area contributed by atoms with Crippen molar-refractivity contribution in [3.63, 3.8) is 0 Å². The van der Waals surface area contributed by atoms with Crippen LogP contribution in [0.3, 0.4) is 0 Å². The number of carbonyl (C=O) groups excluding carboxylic acids is 1. The van der Waals surface area contributed by atoms with Gasteiger partial charge in [0.1, 0.15) is 4.32 Å². The number of amides is 1. The number of benzene rings is 1. The van der Waals surface area contributed by atoms with E-state index in [0.29, 0.717) is 9.23 Å². The number of carboxylic acid groups (broad SMARTS) is 1. The van der Waals surface area contributed by atoms with Crippen LogP contribution in [0.4, 0.5) is 5.69 Å². The molecule has 1 aliphatic rings. The average molecular weight is 417 g/mol. The predicted octanol–water partition coefficient (Wildman–Crippen LogP) is 4.32. The van der Waals surface area contributed by atoms with Crippen LogP contribution in [0.2, 0.25) is 0 Å². The molecule has 148 valence electrons. The van der Waals surface area contributed by atoms with Gasteiger partial charge in [-0.15, -0.1) is 0 Å². The standard InChI is InChI=1S/C21H24N2O3S2/c1-3-22(4-2)17-12-10-16(11-13-17)8-6-5-7-9-18-20(26)23(21(27)28-18)15-14-19(24)25/h5-13H,3-4,14-15H2,1-2H3,(H,24,25). The molecule has 0 bridgehead atoms. The Kier molecular flexibility index (Phi) is 8.47. The van der Waals surface area contributed by atoms with E-state index in [1.54, 1.807) is 12.2 Å². The van der Waals surface area contributed by atoms with Crippen molar-refractivity contribution >= 4 is 51.9 Å². The number of thiocarbonyl (C=S) groups is 1. The van der Waals surface area contributed by atoms with Crippen LogP contribution in [0.25, 0.3) is 6.08 Å². The topological polar surface area (TPSA) is 60.9 Å². The van der Waals surface area contributed by atoms with E-state index in [1.807, 2.05) is 18.2 Å². The van der Waals surface area contributed by atoms with Crippen LogP contribution in [0.15, 0.2) is 53.5 Å². The highest BCUT2D eigenvalue weighted by atomic mass is 32.2. The summed E-state index contributed by atoms with van der Waals surface area (Å²) in [6.45, 7) is 6.35. The van der Waals surface area contributed by atoms with Crippen molar-refractivity contribution in [2.75, 3.05) is 24.5 Å². The van der Waals surface area contributed by atoms with Gasteiger partial charge in [-0.1, -0.05) is 60.4 Å². The van der Waals surface area contributed by atoms with E-state index in [-0.39, 0.29) is 18.9 Å². The minimum atomic E-state index is -0.951. The molecule has 1 amide bonds. The van der Waals surface area contributed by atoms with Crippen molar-refractivity contribution in [3.8, 4) is 0 Å². The molecule has 1 aliphatic heterocycles. The van der Waals surface area contributed by atoms with Crippen molar-refractivity contribution < 1.29 is 14.7 Å². The lowest BCUT2D eigenvalue weighted by Gasteiger charge is -2.20. The van der Waals surface area contributed by atoms with Crippen LogP contribution < -0.4 is 4.90 Å². The van der Waals surface area contributed by atoms with Gasteiger partial charge in [-0.25, -0.2) is 0 Å². The Morgan fingerprint density at radius 3 is 2.46 bits per heavy atom. The highest BCUT2D eigenvalue weighted by molar-refractivity contribution is 8.26. The van der Waals surface area contributed by atoms with E-state index in [1.165, 1.54) is 22.3 Å². The summed E-state index contributed by atoms with van der Waals surface area (Å²) in [6, 6.07) is 8.37. The summed E-state index contributed by atoms with van der Waals surface area (Å²) in [5, 5.41) is 8.75. The molecule has 0 radical (unpaired) electrons. The van der Waals surface area contributed by atoms with Gasteiger partial charge in [0.15, 0.2) is 0 Å². The van der Waals surface area contributed by atoms with Crippen LogP contribution in [-0.4, -0.2) is 45.8 Å². The average Bonchev–Trinajstić information content (AvgIpc) is 2.95. The van der Waals surface area contributed by atoms with Crippen molar-refractivity contribution in [3.05, 3.63) is 59.0 Å². The number of carboxylic acids is 1. The molecular weight excluding hydrogens is 392 g/mol. The van der Waals surface area contributed by atoms with E-state index >= 15 is 0 Å². The van der Waals surface area contributed by atoms with Gasteiger partial charge in [-0.2, -0.15) is 0 Å². The molecule has 0 atom stereocenters. The fraction of sp³-hybridized carbons (Fsp3) is 0.286. The lowest BCUT2D eigenvalue weighted by atomic mass is 10.2. The van der Waals surface area contributed by atoms with E-state index in [2.05, 4.69) is 43.0 Å². The van der Waals surface area contributed by atoms with Crippen molar-refractivity contribution in [1.29, 1.82) is 0 Å². The zero-order chi connectivity index (χ0) is 20.5. The van der Waals surface area contributed by atoms with Crippen molar-refractivity contribution in [2.24, 2.45) is 0 Å². The molecule has 1 aromatic carbocycles. The number of anilines is 1. The summed E-state index contributed by atoms with van der Waals surface area (Å²) < 4.78 is 0.398. The Morgan fingerprint density at radius 2 is 1.86 bits per heavy atom.